The number of nitrogens with two attached hydrogens (primary N) is 1. The minimum atomic E-state index is 0.0726. The van der Waals surface area contributed by atoms with Gasteiger partial charge in [0.05, 0.1) is 0 Å². The summed E-state index contributed by atoms with van der Waals surface area (Å²) in [7, 11) is 0. The molecule has 5 nitrogen and oxygen atoms in total. The van der Waals surface area contributed by atoms with Crippen LogP contribution in [0.5, 0.6) is 0 Å². The van der Waals surface area contributed by atoms with Crippen LogP contribution in [0, 0.1) is 29.6 Å². The highest BCUT2D eigenvalue weighted by molar-refractivity contribution is 9.09. The number of rotatable bonds is 7. The van der Waals surface area contributed by atoms with E-state index in [9.17, 15) is 4.79 Å². The van der Waals surface area contributed by atoms with Gasteiger partial charge in [0, 0.05) is 53.4 Å². The van der Waals surface area contributed by atoms with Gasteiger partial charge in [-0.2, -0.15) is 0 Å². The van der Waals surface area contributed by atoms with Gasteiger partial charge in [-0.3, -0.25) is 10.2 Å². The van der Waals surface area contributed by atoms with E-state index in [1.54, 1.807) is 0 Å². The average Bonchev–Trinajstić information content (AvgIpc) is 3.21. The Bertz CT molecular complexity index is 736. The van der Waals surface area contributed by atoms with Crippen LogP contribution in [0.3, 0.4) is 0 Å². The Kier molecular flexibility index (Phi) is 9.07. The van der Waals surface area contributed by atoms with Crippen LogP contribution in [0.25, 0.3) is 0 Å². The van der Waals surface area contributed by atoms with E-state index in [0.717, 1.165) is 50.5 Å². The molecule has 206 valence electrons. The topological polar surface area (TPSA) is 61.6 Å². The largest absolute Gasteiger partial charge is 0.339 e. The van der Waals surface area contributed by atoms with Crippen molar-refractivity contribution in [1.29, 1.82) is 0 Å². The smallest absolute Gasteiger partial charge is 0.226 e. The monoisotopic (exact) mass is 564 g/mol. The van der Waals surface area contributed by atoms with Gasteiger partial charge in [0.15, 0.2) is 0 Å². The maximum atomic E-state index is 14.1. The fourth-order valence-electron chi connectivity index (χ4n) is 9.05. The summed E-state index contributed by atoms with van der Waals surface area (Å²) in [6.07, 6.45) is 17.7. The van der Waals surface area contributed by atoms with Crippen LogP contribution in [-0.2, 0) is 4.79 Å². The molecule has 0 aromatic heterocycles. The van der Waals surface area contributed by atoms with Gasteiger partial charge in [-0.15, -0.1) is 0 Å². The van der Waals surface area contributed by atoms with E-state index in [0.29, 0.717) is 46.7 Å². The summed E-state index contributed by atoms with van der Waals surface area (Å²) in [5.74, 6) is 3.39. The standard InChI is InChI=1S/C30H53BrN4O/c1-4-7-26-29-27(5-2)34(30(36)24-15-12-22(31)18-25(24)19(3)32)17-16-28(29)35(33-26)23-13-10-21(11-14-23)20-8-6-9-20/h19-29,33H,4-18,32H2,1-3H3. The molecule has 0 spiro atoms. The van der Waals surface area contributed by atoms with E-state index in [1.165, 1.54) is 57.8 Å². The summed E-state index contributed by atoms with van der Waals surface area (Å²) in [6, 6.07) is 2.21. The highest BCUT2D eigenvalue weighted by Gasteiger charge is 2.53. The van der Waals surface area contributed by atoms with Crippen molar-refractivity contribution in [2.24, 2.45) is 35.3 Å². The van der Waals surface area contributed by atoms with Crippen molar-refractivity contribution in [2.45, 2.75) is 146 Å². The molecular weight excluding hydrogens is 512 g/mol. The maximum absolute atomic E-state index is 14.1. The highest BCUT2D eigenvalue weighted by atomic mass is 79.9. The summed E-state index contributed by atoms with van der Waals surface area (Å²) in [5.41, 5.74) is 10.5. The summed E-state index contributed by atoms with van der Waals surface area (Å²) >= 11 is 3.83. The van der Waals surface area contributed by atoms with Crippen molar-refractivity contribution in [2.75, 3.05) is 6.54 Å². The normalized spacial score (nSPS) is 43.1. The number of hydrazine groups is 1. The Morgan fingerprint density at radius 1 is 1.03 bits per heavy atom. The molecule has 3 aliphatic carbocycles. The first-order valence-electron chi connectivity index (χ1n) is 15.7. The van der Waals surface area contributed by atoms with E-state index >= 15 is 0 Å². The molecule has 2 saturated heterocycles. The van der Waals surface area contributed by atoms with Crippen molar-refractivity contribution in [3.63, 3.8) is 0 Å². The molecule has 3 saturated carbocycles. The Morgan fingerprint density at radius 2 is 1.75 bits per heavy atom. The molecule has 0 aromatic carbocycles. The predicted molar refractivity (Wildman–Crippen MR) is 152 cm³/mol. The van der Waals surface area contributed by atoms with Crippen LogP contribution in [-0.4, -0.2) is 57.4 Å². The third kappa shape index (κ3) is 5.31. The van der Waals surface area contributed by atoms with Crippen molar-refractivity contribution < 1.29 is 4.79 Å². The zero-order chi connectivity index (χ0) is 25.4. The number of nitrogens with one attached hydrogen (secondary N) is 1. The molecule has 1 amide bonds. The van der Waals surface area contributed by atoms with Gasteiger partial charge in [-0.1, -0.05) is 55.5 Å². The molecule has 2 aliphatic heterocycles. The number of carbonyl (C=O) groups excluding carboxylic acids is 1. The van der Waals surface area contributed by atoms with Gasteiger partial charge in [0.1, 0.15) is 0 Å². The first kappa shape index (κ1) is 27.4. The number of nitrogens with zero attached hydrogens (tertiary/aromatic N) is 2. The fourth-order valence-corrected chi connectivity index (χ4v) is 9.75. The lowest BCUT2D eigenvalue weighted by Gasteiger charge is -2.49. The first-order chi connectivity index (χ1) is 17.4. The highest BCUT2D eigenvalue weighted by Crippen LogP contribution is 2.46. The van der Waals surface area contributed by atoms with Crippen LogP contribution in [0.15, 0.2) is 0 Å². The molecule has 5 aliphatic rings. The molecule has 8 unspecified atom stereocenters. The van der Waals surface area contributed by atoms with Gasteiger partial charge in [-0.05, 0) is 88.9 Å². The number of halogens is 1. The SMILES string of the molecule is CCCC1NN(C2CCC(C3CCC3)CC2)C2CCN(C(=O)C3CCC(Br)CC3C(C)N)C(CC)C12. The average molecular weight is 566 g/mol. The lowest BCUT2D eigenvalue weighted by molar-refractivity contribution is -0.145. The summed E-state index contributed by atoms with van der Waals surface area (Å²) in [5, 5.41) is 2.74. The van der Waals surface area contributed by atoms with Crippen LogP contribution >= 0.6 is 15.9 Å². The summed E-state index contributed by atoms with van der Waals surface area (Å²) < 4.78 is 0. The fraction of sp³-hybridized carbons (Fsp3) is 0.967. The van der Waals surface area contributed by atoms with Gasteiger partial charge in [-0.25, -0.2) is 5.01 Å². The zero-order valence-corrected chi connectivity index (χ0v) is 24.8. The Morgan fingerprint density at radius 3 is 2.36 bits per heavy atom. The second kappa shape index (κ2) is 11.9. The quantitative estimate of drug-likeness (QED) is 0.380. The minimum absolute atomic E-state index is 0.0726. The number of amides is 1. The zero-order valence-electron chi connectivity index (χ0n) is 23.2. The van der Waals surface area contributed by atoms with E-state index in [4.69, 9.17) is 5.73 Å². The molecule has 0 radical (unpaired) electrons. The van der Waals surface area contributed by atoms with E-state index in [1.807, 2.05) is 0 Å². The van der Waals surface area contributed by atoms with Crippen molar-refractivity contribution in [3.8, 4) is 0 Å². The molecule has 36 heavy (non-hydrogen) atoms. The Balaban J connectivity index is 1.30. The lowest BCUT2D eigenvalue weighted by atomic mass is 9.69. The molecule has 3 N–H and O–H groups in total. The van der Waals surface area contributed by atoms with Crippen LogP contribution < -0.4 is 11.2 Å². The summed E-state index contributed by atoms with van der Waals surface area (Å²) in [4.78, 5) is 17.0. The van der Waals surface area contributed by atoms with Gasteiger partial charge in [0.25, 0.3) is 0 Å². The van der Waals surface area contributed by atoms with Crippen molar-refractivity contribution in [3.05, 3.63) is 0 Å². The lowest BCUT2D eigenvalue weighted by Crippen LogP contribution is -2.59. The number of carbonyl (C=O) groups is 1. The number of hydrogen-bond donors (Lipinski definition) is 2. The van der Waals surface area contributed by atoms with Crippen molar-refractivity contribution in [1.82, 2.24) is 15.3 Å². The molecule has 8 atom stereocenters. The number of piperidine rings is 1. The second-order valence-corrected chi connectivity index (χ2v) is 14.5. The Labute approximate surface area is 229 Å². The number of alkyl halides is 1. The van der Waals surface area contributed by atoms with Crippen LogP contribution in [0.1, 0.15) is 111 Å². The number of likely N-dealkylation sites (tertiary alicyclic amines) is 1. The number of hydrogen-bond acceptors (Lipinski definition) is 4. The van der Waals surface area contributed by atoms with Gasteiger partial charge >= 0.3 is 0 Å². The molecule has 5 rings (SSSR count). The second-order valence-electron chi connectivity index (χ2n) is 13.2. The van der Waals surface area contributed by atoms with Crippen LogP contribution in [0.4, 0.5) is 0 Å². The summed E-state index contributed by atoms with van der Waals surface area (Å²) in [6.45, 7) is 7.67. The van der Waals surface area contributed by atoms with Crippen molar-refractivity contribution >= 4 is 21.8 Å². The number of fused-ring (bicyclic) bond motifs is 1. The molecule has 0 aromatic rings. The van der Waals surface area contributed by atoms with Gasteiger partial charge in [0.2, 0.25) is 5.91 Å². The molecule has 5 fully saturated rings. The first-order valence-corrected chi connectivity index (χ1v) is 16.6. The Hall–Kier alpha value is -0.170. The van der Waals surface area contributed by atoms with E-state index in [-0.39, 0.29) is 12.0 Å². The predicted octanol–water partition coefficient (Wildman–Crippen LogP) is 5.86. The molecule has 2 heterocycles. The minimum Gasteiger partial charge on any atom is -0.339 e. The third-order valence-corrected chi connectivity index (χ3v) is 12.0. The van der Waals surface area contributed by atoms with Crippen LogP contribution in [0.2, 0.25) is 0 Å². The molecule has 6 heteroatoms. The third-order valence-electron chi connectivity index (χ3n) is 11.2. The molecule has 0 bridgehead atoms. The van der Waals surface area contributed by atoms with E-state index in [2.05, 4.69) is 52.0 Å². The van der Waals surface area contributed by atoms with Gasteiger partial charge < -0.3 is 10.6 Å². The maximum Gasteiger partial charge on any atom is 0.226 e. The van der Waals surface area contributed by atoms with E-state index < -0.39 is 0 Å². The molecular formula is C30H53BrN4O.